The monoisotopic (exact) mass is 337 g/mol. The fourth-order valence-electron chi connectivity index (χ4n) is 2.39. The van der Waals surface area contributed by atoms with Gasteiger partial charge in [-0.25, -0.2) is 0 Å². The molecule has 1 heterocycles. The molecular weight excluding hydrogens is 318 g/mol. The normalized spacial score (nSPS) is 11.5. The van der Waals surface area contributed by atoms with Crippen LogP contribution >= 0.6 is 12.2 Å². The highest BCUT2D eigenvalue weighted by Crippen LogP contribution is 2.19. The van der Waals surface area contributed by atoms with Crippen LogP contribution in [-0.4, -0.2) is 10.8 Å². The van der Waals surface area contributed by atoms with E-state index >= 15 is 0 Å². The third kappa shape index (κ3) is 3.46. The molecule has 0 radical (unpaired) electrons. The van der Waals surface area contributed by atoms with Gasteiger partial charge in [-0.2, -0.15) is 5.10 Å². The van der Waals surface area contributed by atoms with Crippen LogP contribution in [0.5, 0.6) is 0 Å². The molecule has 4 nitrogen and oxygen atoms in total. The summed E-state index contributed by atoms with van der Waals surface area (Å²) < 4.78 is 5.78. The van der Waals surface area contributed by atoms with E-state index in [2.05, 4.69) is 35.8 Å². The van der Waals surface area contributed by atoms with E-state index in [4.69, 9.17) is 16.6 Å². The number of hydrogen-bond acceptors (Lipinski definition) is 3. The van der Waals surface area contributed by atoms with Gasteiger partial charge in [-0.1, -0.05) is 30.3 Å². The maximum atomic E-state index is 5.78. The van der Waals surface area contributed by atoms with Crippen molar-refractivity contribution in [3.63, 3.8) is 0 Å². The average Bonchev–Trinajstić information content (AvgIpc) is 3.01. The predicted octanol–water partition coefficient (Wildman–Crippen LogP) is 4.76. The number of hydrazone groups is 1. The summed E-state index contributed by atoms with van der Waals surface area (Å²) >= 11 is 5.31. The van der Waals surface area contributed by atoms with Gasteiger partial charge < -0.3 is 9.73 Å². The summed E-state index contributed by atoms with van der Waals surface area (Å²) in [4.78, 5) is 0. The highest BCUT2D eigenvalue weighted by Gasteiger charge is 2.07. The lowest BCUT2D eigenvalue weighted by Crippen LogP contribution is -2.25. The van der Waals surface area contributed by atoms with Crippen molar-refractivity contribution in [3.8, 4) is 0 Å². The van der Waals surface area contributed by atoms with Crippen LogP contribution in [0.25, 0.3) is 11.0 Å². The lowest BCUT2D eigenvalue weighted by Gasteiger charge is -2.11. The zero-order chi connectivity index (χ0) is 17.1. The van der Waals surface area contributed by atoms with Crippen LogP contribution in [0.15, 0.2) is 58.0 Å². The fourth-order valence-corrected chi connectivity index (χ4v) is 2.54. The van der Waals surface area contributed by atoms with Gasteiger partial charge in [0.05, 0.1) is 0 Å². The quantitative estimate of drug-likeness (QED) is 0.411. The Morgan fingerprint density at radius 3 is 2.67 bits per heavy atom. The number of benzene rings is 2. The SMILES string of the molecule is C/C(=N/NC(=S)Nc1cccc(C)c1C)c1cc2ccccc2o1. The number of aryl methyl sites for hydroxylation is 1. The lowest BCUT2D eigenvalue weighted by molar-refractivity contribution is 0.603. The molecule has 0 saturated heterocycles. The van der Waals surface area contributed by atoms with Gasteiger partial charge in [0.15, 0.2) is 10.9 Å². The zero-order valence-electron chi connectivity index (χ0n) is 13.9. The minimum atomic E-state index is 0.444. The largest absolute Gasteiger partial charge is 0.455 e. The standard InChI is InChI=1S/C19H19N3OS/c1-12-7-6-9-16(13(12)2)20-19(24)22-21-14(3)18-11-15-8-4-5-10-17(15)23-18/h4-11H,1-3H3,(H2,20,22,24)/b21-14-. The molecule has 3 rings (SSSR count). The van der Waals surface area contributed by atoms with Crippen LogP contribution < -0.4 is 10.7 Å². The van der Waals surface area contributed by atoms with E-state index in [1.165, 1.54) is 11.1 Å². The van der Waals surface area contributed by atoms with Crippen LogP contribution in [0, 0.1) is 13.8 Å². The second-order valence-electron chi connectivity index (χ2n) is 5.66. The number of para-hydroxylation sites is 1. The number of nitrogens with zero attached hydrogens (tertiary/aromatic N) is 1. The second kappa shape index (κ2) is 6.84. The van der Waals surface area contributed by atoms with E-state index in [1.54, 1.807) is 0 Å². The Balaban J connectivity index is 1.70. The number of fused-ring (bicyclic) bond motifs is 1. The smallest absolute Gasteiger partial charge is 0.191 e. The van der Waals surface area contributed by atoms with Gasteiger partial charge >= 0.3 is 0 Å². The molecule has 0 fully saturated rings. The summed E-state index contributed by atoms with van der Waals surface area (Å²) in [6.07, 6.45) is 0. The maximum absolute atomic E-state index is 5.78. The molecule has 0 atom stereocenters. The molecule has 0 spiro atoms. The molecule has 0 saturated carbocycles. The first-order valence-corrected chi connectivity index (χ1v) is 8.12. The molecule has 0 aliphatic rings. The van der Waals surface area contributed by atoms with E-state index in [-0.39, 0.29) is 0 Å². The number of furan rings is 1. The predicted molar refractivity (Wildman–Crippen MR) is 104 cm³/mol. The first kappa shape index (κ1) is 16.2. The van der Waals surface area contributed by atoms with Crippen molar-refractivity contribution in [3.05, 3.63) is 65.4 Å². The van der Waals surface area contributed by atoms with Crippen LogP contribution in [-0.2, 0) is 0 Å². The van der Waals surface area contributed by atoms with Gasteiger partial charge in [0.1, 0.15) is 11.3 Å². The van der Waals surface area contributed by atoms with E-state index in [0.717, 1.165) is 28.1 Å². The second-order valence-corrected chi connectivity index (χ2v) is 6.07. The number of thiocarbonyl (C=S) groups is 1. The Hall–Kier alpha value is -2.66. The molecule has 0 amide bonds. The first-order valence-electron chi connectivity index (χ1n) is 7.71. The van der Waals surface area contributed by atoms with Gasteiger partial charge in [-0.3, -0.25) is 5.43 Å². The van der Waals surface area contributed by atoms with Gasteiger partial charge in [-0.05, 0) is 62.3 Å². The molecule has 0 bridgehead atoms. The Labute approximate surface area is 146 Å². The highest BCUT2D eigenvalue weighted by molar-refractivity contribution is 7.80. The Morgan fingerprint density at radius 2 is 1.88 bits per heavy atom. The van der Waals surface area contributed by atoms with Crippen LogP contribution in [0.3, 0.4) is 0 Å². The van der Waals surface area contributed by atoms with Crippen molar-refractivity contribution in [2.24, 2.45) is 5.10 Å². The third-order valence-electron chi connectivity index (χ3n) is 3.96. The summed E-state index contributed by atoms with van der Waals surface area (Å²) in [6, 6.07) is 15.9. The van der Waals surface area contributed by atoms with Crippen molar-refractivity contribution in [2.45, 2.75) is 20.8 Å². The maximum Gasteiger partial charge on any atom is 0.191 e. The molecule has 0 aliphatic heterocycles. The Morgan fingerprint density at radius 1 is 1.08 bits per heavy atom. The van der Waals surface area contributed by atoms with E-state index in [1.807, 2.05) is 49.4 Å². The summed E-state index contributed by atoms with van der Waals surface area (Å²) in [6.45, 7) is 6.01. The van der Waals surface area contributed by atoms with Crippen molar-refractivity contribution in [1.82, 2.24) is 5.43 Å². The number of nitrogens with one attached hydrogen (secondary N) is 2. The highest BCUT2D eigenvalue weighted by atomic mass is 32.1. The van der Waals surface area contributed by atoms with E-state index in [0.29, 0.717) is 5.11 Å². The molecule has 2 N–H and O–H groups in total. The summed E-state index contributed by atoms with van der Waals surface area (Å²) in [5, 5.41) is 8.97. The van der Waals surface area contributed by atoms with Gasteiger partial charge in [0, 0.05) is 11.1 Å². The molecule has 0 aliphatic carbocycles. The summed E-state index contributed by atoms with van der Waals surface area (Å²) in [7, 11) is 0. The fraction of sp³-hybridized carbons (Fsp3) is 0.158. The summed E-state index contributed by atoms with van der Waals surface area (Å²) in [5.41, 5.74) is 7.80. The van der Waals surface area contributed by atoms with Crippen molar-refractivity contribution in [2.75, 3.05) is 5.32 Å². The average molecular weight is 337 g/mol. The Bertz CT molecular complexity index is 894. The van der Waals surface area contributed by atoms with Crippen molar-refractivity contribution < 1.29 is 4.42 Å². The number of hydrogen-bond donors (Lipinski definition) is 2. The van der Waals surface area contributed by atoms with Crippen LogP contribution in [0.4, 0.5) is 5.69 Å². The van der Waals surface area contributed by atoms with E-state index < -0.39 is 0 Å². The molecule has 24 heavy (non-hydrogen) atoms. The molecule has 1 aromatic heterocycles. The topological polar surface area (TPSA) is 49.6 Å². The Kier molecular flexibility index (Phi) is 4.62. The third-order valence-corrected chi connectivity index (χ3v) is 4.15. The zero-order valence-corrected chi connectivity index (χ0v) is 14.7. The molecule has 122 valence electrons. The molecule has 0 unspecified atom stereocenters. The summed E-state index contributed by atoms with van der Waals surface area (Å²) in [5.74, 6) is 0.721. The molecule has 5 heteroatoms. The van der Waals surface area contributed by atoms with Gasteiger partial charge in [-0.15, -0.1) is 0 Å². The van der Waals surface area contributed by atoms with Gasteiger partial charge in [0.25, 0.3) is 0 Å². The minimum Gasteiger partial charge on any atom is -0.455 e. The molecule has 2 aromatic carbocycles. The lowest BCUT2D eigenvalue weighted by atomic mass is 10.1. The minimum absolute atomic E-state index is 0.444. The molecule has 3 aromatic rings. The number of anilines is 1. The van der Waals surface area contributed by atoms with Gasteiger partial charge in [0.2, 0.25) is 0 Å². The molecular formula is C19H19N3OS. The number of rotatable bonds is 3. The van der Waals surface area contributed by atoms with Crippen molar-refractivity contribution >= 4 is 39.7 Å². The first-order chi connectivity index (χ1) is 11.5. The van der Waals surface area contributed by atoms with Crippen LogP contribution in [0.2, 0.25) is 0 Å². The van der Waals surface area contributed by atoms with E-state index in [9.17, 15) is 0 Å². The van der Waals surface area contributed by atoms with Crippen LogP contribution in [0.1, 0.15) is 23.8 Å². The van der Waals surface area contributed by atoms with Crippen molar-refractivity contribution in [1.29, 1.82) is 0 Å².